The van der Waals surface area contributed by atoms with Crippen LogP contribution in [0, 0.1) is 13.8 Å². The van der Waals surface area contributed by atoms with Gasteiger partial charge in [0.2, 0.25) is 5.91 Å². The smallest absolute Gasteiger partial charge is 0.410 e. The molecule has 0 radical (unpaired) electrons. The number of benzene rings is 1. The first-order chi connectivity index (χ1) is 12.9. The molecule has 4 rings (SSSR count). The van der Waals surface area contributed by atoms with Crippen LogP contribution in [0.15, 0.2) is 30.3 Å². The maximum Gasteiger partial charge on any atom is 0.410 e. The summed E-state index contributed by atoms with van der Waals surface area (Å²) >= 11 is 0. The summed E-state index contributed by atoms with van der Waals surface area (Å²) in [5.74, 6) is 0.0521. The first-order valence-corrected chi connectivity index (χ1v) is 9.21. The molecule has 2 aliphatic rings. The average molecular weight is 368 g/mol. The number of para-hydroxylation sites is 1. The molecule has 27 heavy (non-hydrogen) atoms. The van der Waals surface area contributed by atoms with Crippen LogP contribution in [-0.2, 0) is 16.0 Å². The van der Waals surface area contributed by atoms with Gasteiger partial charge < -0.3 is 14.5 Å². The first kappa shape index (κ1) is 17.6. The number of carbonyl (C=O) groups excluding carboxylic acids is 2. The van der Waals surface area contributed by atoms with Crippen molar-refractivity contribution >= 4 is 12.0 Å². The van der Waals surface area contributed by atoms with Crippen molar-refractivity contribution in [3.8, 4) is 5.69 Å². The van der Waals surface area contributed by atoms with E-state index in [0.717, 1.165) is 22.6 Å². The van der Waals surface area contributed by atoms with Crippen LogP contribution in [0.3, 0.4) is 0 Å². The van der Waals surface area contributed by atoms with Crippen molar-refractivity contribution in [3.05, 3.63) is 47.3 Å². The zero-order valence-corrected chi connectivity index (χ0v) is 15.9. The minimum absolute atomic E-state index is 0.0521. The quantitative estimate of drug-likeness (QED) is 0.832. The number of aromatic nitrogens is 2. The van der Waals surface area contributed by atoms with Crippen molar-refractivity contribution in [2.75, 3.05) is 26.7 Å². The van der Waals surface area contributed by atoms with E-state index in [0.29, 0.717) is 32.5 Å². The van der Waals surface area contributed by atoms with Gasteiger partial charge in [-0.05, 0) is 26.0 Å². The Morgan fingerprint density at radius 3 is 2.63 bits per heavy atom. The van der Waals surface area contributed by atoms with E-state index in [1.807, 2.05) is 53.8 Å². The maximum absolute atomic E-state index is 12.9. The van der Waals surface area contributed by atoms with Gasteiger partial charge in [0.1, 0.15) is 0 Å². The Morgan fingerprint density at radius 2 is 1.96 bits per heavy atom. The van der Waals surface area contributed by atoms with Crippen molar-refractivity contribution in [2.24, 2.45) is 0 Å². The molecule has 7 nitrogen and oxygen atoms in total. The summed E-state index contributed by atoms with van der Waals surface area (Å²) in [5, 5.41) is 4.62. The molecule has 2 aliphatic heterocycles. The molecule has 2 aromatic rings. The molecule has 0 saturated carbocycles. The van der Waals surface area contributed by atoms with Crippen LogP contribution >= 0.6 is 0 Å². The van der Waals surface area contributed by atoms with Gasteiger partial charge in [0.25, 0.3) is 0 Å². The van der Waals surface area contributed by atoms with Gasteiger partial charge in [-0.25, -0.2) is 9.48 Å². The molecule has 142 valence electrons. The number of rotatable bonds is 3. The van der Waals surface area contributed by atoms with Gasteiger partial charge in [-0.15, -0.1) is 0 Å². The molecule has 2 amide bonds. The molecule has 2 fully saturated rings. The number of aryl methyl sites for hydroxylation is 1. The summed E-state index contributed by atoms with van der Waals surface area (Å²) in [6.45, 7) is 5.56. The number of nitrogens with zero attached hydrogens (tertiary/aromatic N) is 4. The minimum atomic E-state index is -0.542. The highest BCUT2D eigenvalue weighted by Gasteiger charge is 2.49. The van der Waals surface area contributed by atoms with Gasteiger partial charge in [-0.1, -0.05) is 18.2 Å². The highest BCUT2D eigenvalue weighted by molar-refractivity contribution is 5.80. The van der Waals surface area contributed by atoms with Gasteiger partial charge in [-0.3, -0.25) is 4.79 Å². The molecule has 1 aromatic heterocycles. The fraction of sp³-hybridized carbons (Fsp3) is 0.450. The van der Waals surface area contributed by atoms with Crippen LogP contribution in [-0.4, -0.2) is 63.9 Å². The van der Waals surface area contributed by atoms with Crippen LogP contribution in [0.25, 0.3) is 5.69 Å². The van der Waals surface area contributed by atoms with Gasteiger partial charge in [0, 0.05) is 31.3 Å². The van der Waals surface area contributed by atoms with Crippen LogP contribution in [0.5, 0.6) is 0 Å². The zero-order chi connectivity index (χ0) is 19.2. The van der Waals surface area contributed by atoms with Crippen LogP contribution in [0.2, 0.25) is 0 Å². The Labute approximate surface area is 158 Å². The van der Waals surface area contributed by atoms with E-state index >= 15 is 0 Å². The van der Waals surface area contributed by atoms with Gasteiger partial charge in [0.15, 0.2) is 5.60 Å². The Balaban J connectivity index is 1.50. The molecule has 7 heteroatoms. The average Bonchev–Trinajstić information content (AvgIpc) is 3.27. The normalized spacial score (nSPS) is 22.0. The molecular weight excluding hydrogens is 344 g/mol. The van der Waals surface area contributed by atoms with E-state index in [1.165, 1.54) is 0 Å². The van der Waals surface area contributed by atoms with Crippen LogP contribution in [0.4, 0.5) is 4.79 Å². The van der Waals surface area contributed by atoms with E-state index in [1.54, 1.807) is 11.9 Å². The summed E-state index contributed by atoms with van der Waals surface area (Å²) < 4.78 is 7.42. The SMILES string of the molecule is Cc1nn(-c2ccccc2)c(C)c1CC(=O)N1CCC2(CN(C)C(=O)O2)C1. The summed E-state index contributed by atoms with van der Waals surface area (Å²) in [6.07, 6.45) is 0.695. The van der Waals surface area contributed by atoms with Crippen molar-refractivity contribution in [3.63, 3.8) is 0 Å². The maximum atomic E-state index is 12.9. The van der Waals surface area contributed by atoms with Crippen molar-refractivity contribution < 1.29 is 14.3 Å². The molecule has 3 heterocycles. The fourth-order valence-electron chi connectivity index (χ4n) is 4.08. The lowest BCUT2D eigenvalue weighted by atomic mass is 10.0. The zero-order valence-electron chi connectivity index (χ0n) is 15.9. The predicted molar refractivity (Wildman–Crippen MR) is 99.8 cm³/mol. The highest BCUT2D eigenvalue weighted by Crippen LogP contribution is 2.32. The van der Waals surface area contributed by atoms with Crippen molar-refractivity contribution in [1.29, 1.82) is 0 Å². The number of likely N-dealkylation sites (N-methyl/N-ethyl adjacent to an activating group) is 1. The minimum Gasteiger partial charge on any atom is -0.439 e. The number of hydrogen-bond donors (Lipinski definition) is 0. The molecule has 1 unspecified atom stereocenters. The Morgan fingerprint density at radius 1 is 1.22 bits per heavy atom. The van der Waals surface area contributed by atoms with E-state index in [4.69, 9.17) is 4.74 Å². The monoisotopic (exact) mass is 368 g/mol. The number of amides is 2. The summed E-state index contributed by atoms with van der Waals surface area (Å²) in [4.78, 5) is 28.0. The topological polar surface area (TPSA) is 67.7 Å². The molecule has 1 spiro atoms. The van der Waals surface area contributed by atoms with E-state index < -0.39 is 5.60 Å². The second-order valence-corrected chi connectivity index (χ2v) is 7.55. The van der Waals surface area contributed by atoms with Gasteiger partial charge >= 0.3 is 6.09 Å². The van der Waals surface area contributed by atoms with E-state index in [9.17, 15) is 9.59 Å². The van der Waals surface area contributed by atoms with Crippen LogP contribution < -0.4 is 0 Å². The van der Waals surface area contributed by atoms with E-state index in [-0.39, 0.29) is 12.0 Å². The third-order valence-corrected chi connectivity index (χ3v) is 5.58. The summed E-state index contributed by atoms with van der Waals surface area (Å²) in [5.41, 5.74) is 3.25. The molecular formula is C20H24N4O3. The molecule has 0 aliphatic carbocycles. The molecule has 0 bridgehead atoms. The van der Waals surface area contributed by atoms with Crippen molar-refractivity contribution in [2.45, 2.75) is 32.3 Å². The number of ether oxygens (including phenoxy) is 1. The van der Waals surface area contributed by atoms with Crippen LogP contribution in [0.1, 0.15) is 23.4 Å². The predicted octanol–water partition coefficient (Wildman–Crippen LogP) is 2.08. The largest absolute Gasteiger partial charge is 0.439 e. The lowest BCUT2D eigenvalue weighted by molar-refractivity contribution is -0.130. The number of hydrogen-bond acceptors (Lipinski definition) is 4. The fourth-order valence-corrected chi connectivity index (χ4v) is 4.08. The Bertz CT molecular complexity index is 892. The number of likely N-dealkylation sites (tertiary alicyclic amines) is 1. The molecule has 0 N–H and O–H groups in total. The molecule has 1 aromatic carbocycles. The van der Waals surface area contributed by atoms with Crippen molar-refractivity contribution in [1.82, 2.24) is 19.6 Å². The van der Waals surface area contributed by atoms with Gasteiger partial charge in [-0.2, -0.15) is 5.10 Å². The Kier molecular flexibility index (Phi) is 4.17. The Hall–Kier alpha value is -2.83. The molecule has 1 atom stereocenters. The highest BCUT2D eigenvalue weighted by atomic mass is 16.6. The first-order valence-electron chi connectivity index (χ1n) is 9.21. The third-order valence-electron chi connectivity index (χ3n) is 5.58. The lowest BCUT2D eigenvalue weighted by Gasteiger charge is -2.21. The second-order valence-electron chi connectivity index (χ2n) is 7.55. The number of carbonyl (C=O) groups is 2. The summed E-state index contributed by atoms with van der Waals surface area (Å²) in [6, 6.07) is 9.91. The molecule has 2 saturated heterocycles. The standard InChI is InChI=1S/C20H24N4O3/c1-14-17(15(2)24(21-14)16-7-5-4-6-8-16)11-18(25)23-10-9-20(13-23)12-22(3)19(26)27-20/h4-8H,9-13H2,1-3H3. The third kappa shape index (κ3) is 3.07. The van der Waals surface area contributed by atoms with Gasteiger partial charge in [0.05, 0.1) is 30.9 Å². The second kappa shape index (κ2) is 6.40. The van der Waals surface area contributed by atoms with E-state index in [2.05, 4.69) is 5.10 Å². The summed E-state index contributed by atoms with van der Waals surface area (Å²) in [7, 11) is 1.73. The lowest BCUT2D eigenvalue weighted by Crippen LogP contribution is -2.39.